The van der Waals surface area contributed by atoms with Crippen LogP contribution in [0.5, 0.6) is 5.75 Å². The van der Waals surface area contributed by atoms with Crippen molar-refractivity contribution in [2.75, 3.05) is 7.11 Å². The predicted octanol–water partition coefficient (Wildman–Crippen LogP) is 3.61. The van der Waals surface area contributed by atoms with Crippen LogP contribution in [0.4, 0.5) is 0 Å². The third-order valence-electron chi connectivity index (χ3n) is 3.36. The first-order chi connectivity index (χ1) is 10.2. The van der Waals surface area contributed by atoms with Crippen LogP contribution in [0.2, 0.25) is 0 Å². The summed E-state index contributed by atoms with van der Waals surface area (Å²) >= 11 is 0. The van der Waals surface area contributed by atoms with Gasteiger partial charge in [-0.1, -0.05) is 12.1 Å². The van der Waals surface area contributed by atoms with Crippen LogP contribution in [0.3, 0.4) is 0 Å². The molecule has 0 aliphatic heterocycles. The van der Waals surface area contributed by atoms with E-state index in [4.69, 9.17) is 9.84 Å². The molecule has 1 N–H and O–H groups in total. The molecule has 0 spiro atoms. The van der Waals surface area contributed by atoms with Crippen LogP contribution < -0.4 is 4.74 Å². The molecule has 0 saturated carbocycles. The second-order valence-electron chi connectivity index (χ2n) is 4.67. The number of ether oxygens (including phenoxy) is 1. The molecule has 3 aromatic rings. The van der Waals surface area contributed by atoms with E-state index in [1.54, 1.807) is 37.6 Å². The molecule has 4 heteroatoms. The maximum absolute atomic E-state index is 10.9. The van der Waals surface area contributed by atoms with Crippen molar-refractivity contribution in [2.24, 2.45) is 0 Å². The highest BCUT2D eigenvalue weighted by Gasteiger charge is 2.05. The molecule has 0 fully saturated rings. The average molecular weight is 279 g/mol. The van der Waals surface area contributed by atoms with Gasteiger partial charge in [0, 0.05) is 23.2 Å². The van der Waals surface area contributed by atoms with Crippen molar-refractivity contribution in [3.8, 4) is 16.9 Å². The third-order valence-corrected chi connectivity index (χ3v) is 3.36. The molecular formula is C17H13NO3. The van der Waals surface area contributed by atoms with Crippen LogP contribution >= 0.6 is 0 Å². The zero-order valence-electron chi connectivity index (χ0n) is 11.4. The number of nitrogens with zero attached hydrogens (tertiary/aromatic N) is 1. The van der Waals surface area contributed by atoms with Gasteiger partial charge >= 0.3 is 5.97 Å². The Labute approximate surface area is 121 Å². The number of aromatic carboxylic acids is 1. The van der Waals surface area contributed by atoms with Gasteiger partial charge in [0.25, 0.3) is 0 Å². The number of hydrogen-bond acceptors (Lipinski definition) is 3. The first-order valence-electron chi connectivity index (χ1n) is 6.45. The molecule has 0 aliphatic rings. The van der Waals surface area contributed by atoms with Gasteiger partial charge in [-0.3, -0.25) is 4.98 Å². The summed E-state index contributed by atoms with van der Waals surface area (Å²) in [6.45, 7) is 0. The van der Waals surface area contributed by atoms with Crippen LogP contribution in [0.15, 0.2) is 54.7 Å². The Morgan fingerprint density at radius 2 is 1.81 bits per heavy atom. The Bertz CT molecular complexity index is 810. The van der Waals surface area contributed by atoms with Gasteiger partial charge in [0.05, 0.1) is 18.2 Å². The van der Waals surface area contributed by atoms with E-state index in [0.29, 0.717) is 0 Å². The monoisotopic (exact) mass is 279 g/mol. The molecule has 104 valence electrons. The Kier molecular flexibility index (Phi) is 3.28. The highest BCUT2D eigenvalue weighted by molar-refractivity contribution is 5.89. The second-order valence-corrected chi connectivity index (χ2v) is 4.67. The van der Waals surface area contributed by atoms with E-state index in [1.165, 1.54) is 0 Å². The molecule has 0 atom stereocenters. The van der Waals surface area contributed by atoms with E-state index < -0.39 is 5.97 Å². The lowest BCUT2D eigenvalue weighted by Crippen LogP contribution is -1.95. The van der Waals surface area contributed by atoms with Crippen molar-refractivity contribution in [3.05, 3.63) is 60.3 Å². The molecule has 0 bridgehead atoms. The highest BCUT2D eigenvalue weighted by atomic mass is 16.5. The number of carboxylic acid groups (broad SMARTS) is 1. The summed E-state index contributed by atoms with van der Waals surface area (Å²) in [5.74, 6) is -0.154. The van der Waals surface area contributed by atoms with Gasteiger partial charge < -0.3 is 9.84 Å². The number of pyridine rings is 1. The third kappa shape index (κ3) is 2.56. The second kappa shape index (κ2) is 5.25. The van der Waals surface area contributed by atoms with Crippen LogP contribution in [0.25, 0.3) is 22.0 Å². The van der Waals surface area contributed by atoms with Crippen molar-refractivity contribution < 1.29 is 14.6 Å². The highest BCUT2D eigenvalue weighted by Crippen LogP contribution is 2.25. The Morgan fingerprint density at radius 3 is 2.48 bits per heavy atom. The number of carbonyl (C=O) groups is 1. The molecule has 0 aliphatic carbocycles. The van der Waals surface area contributed by atoms with E-state index in [-0.39, 0.29) is 5.56 Å². The molecule has 0 amide bonds. The molecule has 0 unspecified atom stereocenters. The van der Waals surface area contributed by atoms with Crippen LogP contribution in [0, 0.1) is 0 Å². The number of aromatic nitrogens is 1. The minimum Gasteiger partial charge on any atom is -0.497 e. The Morgan fingerprint density at radius 1 is 1.05 bits per heavy atom. The van der Waals surface area contributed by atoms with Crippen molar-refractivity contribution in [1.29, 1.82) is 0 Å². The summed E-state index contributed by atoms with van der Waals surface area (Å²) in [4.78, 5) is 15.3. The molecule has 2 aromatic carbocycles. The lowest BCUT2D eigenvalue weighted by atomic mass is 10.0. The van der Waals surface area contributed by atoms with Gasteiger partial charge in [-0.25, -0.2) is 4.79 Å². The number of hydrogen-bond donors (Lipinski definition) is 1. The van der Waals surface area contributed by atoms with Gasteiger partial charge in [-0.05, 0) is 35.9 Å². The quantitative estimate of drug-likeness (QED) is 0.795. The fourth-order valence-corrected chi connectivity index (χ4v) is 2.19. The lowest BCUT2D eigenvalue weighted by molar-refractivity contribution is 0.0697. The fraction of sp³-hybridized carbons (Fsp3) is 0.0588. The molecule has 0 saturated heterocycles. The molecule has 1 aromatic heterocycles. The van der Waals surface area contributed by atoms with Crippen LogP contribution in [-0.4, -0.2) is 23.2 Å². The summed E-state index contributed by atoms with van der Waals surface area (Å²) in [6, 6.07) is 14.5. The largest absolute Gasteiger partial charge is 0.497 e. The van der Waals surface area contributed by atoms with Crippen LogP contribution in [0.1, 0.15) is 10.4 Å². The summed E-state index contributed by atoms with van der Waals surface area (Å²) in [7, 11) is 1.62. The number of carboxylic acids is 1. The van der Waals surface area contributed by atoms with Gasteiger partial charge in [0.15, 0.2) is 0 Å². The van der Waals surface area contributed by atoms with E-state index >= 15 is 0 Å². The van der Waals surface area contributed by atoms with E-state index in [0.717, 1.165) is 27.8 Å². The molecular weight excluding hydrogens is 266 g/mol. The standard InChI is InChI=1S/C17H13NO3/c1-21-15-7-6-13-8-14(10-18-16(13)9-15)11-2-4-12(5-3-11)17(19)20/h2-10H,1H3,(H,19,20). The van der Waals surface area contributed by atoms with E-state index in [1.807, 2.05) is 24.3 Å². The van der Waals surface area contributed by atoms with Crippen molar-refractivity contribution >= 4 is 16.9 Å². The zero-order valence-corrected chi connectivity index (χ0v) is 11.4. The number of methoxy groups -OCH3 is 1. The molecule has 21 heavy (non-hydrogen) atoms. The van der Waals surface area contributed by atoms with Gasteiger partial charge in [0.2, 0.25) is 0 Å². The molecule has 1 heterocycles. The topological polar surface area (TPSA) is 59.4 Å². The van der Waals surface area contributed by atoms with Crippen molar-refractivity contribution in [1.82, 2.24) is 4.98 Å². The van der Waals surface area contributed by atoms with Gasteiger partial charge in [0.1, 0.15) is 5.75 Å². The summed E-state index contributed by atoms with van der Waals surface area (Å²) in [5, 5.41) is 9.92. The summed E-state index contributed by atoms with van der Waals surface area (Å²) in [6.07, 6.45) is 1.78. The van der Waals surface area contributed by atoms with E-state index in [9.17, 15) is 4.79 Å². The van der Waals surface area contributed by atoms with E-state index in [2.05, 4.69) is 4.98 Å². The zero-order chi connectivity index (χ0) is 14.8. The summed E-state index contributed by atoms with van der Waals surface area (Å²) < 4.78 is 5.18. The number of rotatable bonds is 3. The first kappa shape index (κ1) is 13.1. The maximum Gasteiger partial charge on any atom is 0.335 e. The average Bonchev–Trinajstić information content (AvgIpc) is 2.54. The summed E-state index contributed by atoms with van der Waals surface area (Å²) in [5.41, 5.74) is 3.02. The maximum atomic E-state index is 10.9. The molecule has 4 nitrogen and oxygen atoms in total. The van der Waals surface area contributed by atoms with Crippen molar-refractivity contribution in [2.45, 2.75) is 0 Å². The first-order valence-corrected chi connectivity index (χ1v) is 6.45. The smallest absolute Gasteiger partial charge is 0.335 e. The number of fused-ring (bicyclic) bond motifs is 1. The number of benzene rings is 2. The predicted molar refractivity (Wildman–Crippen MR) is 80.7 cm³/mol. The Balaban J connectivity index is 2.02. The minimum absolute atomic E-state index is 0.275. The Hall–Kier alpha value is -2.88. The lowest BCUT2D eigenvalue weighted by Gasteiger charge is -2.05. The fourth-order valence-electron chi connectivity index (χ4n) is 2.19. The van der Waals surface area contributed by atoms with Crippen LogP contribution in [-0.2, 0) is 0 Å². The normalized spacial score (nSPS) is 10.5. The minimum atomic E-state index is -0.926. The van der Waals surface area contributed by atoms with Gasteiger partial charge in [-0.15, -0.1) is 0 Å². The molecule has 3 rings (SSSR count). The SMILES string of the molecule is COc1ccc2cc(-c3ccc(C(=O)O)cc3)cnc2c1. The van der Waals surface area contributed by atoms with Crippen molar-refractivity contribution in [3.63, 3.8) is 0 Å². The van der Waals surface area contributed by atoms with Gasteiger partial charge in [-0.2, -0.15) is 0 Å². The molecule has 0 radical (unpaired) electrons.